The van der Waals surface area contributed by atoms with Crippen molar-refractivity contribution in [1.29, 1.82) is 0 Å². The molecule has 1 aromatic carbocycles. The third-order valence-corrected chi connectivity index (χ3v) is 3.05. The van der Waals surface area contributed by atoms with Gasteiger partial charge in [0, 0.05) is 0 Å². The van der Waals surface area contributed by atoms with Gasteiger partial charge in [-0.1, -0.05) is 28.9 Å². The number of nitrogens with zero attached hydrogens (tertiary/aromatic N) is 5. The van der Waals surface area contributed by atoms with Crippen LogP contribution in [0.3, 0.4) is 0 Å². The third kappa shape index (κ3) is 1.64. The summed E-state index contributed by atoms with van der Waals surface area (Å²) in [6.45, 7) is 3.76. The average Bonchev–Trinajstić information content (AvgIpc) is 2.78. The van der Waals surface area contributed by atoms with Crippen molar-refractivity contribution in [2.45, 2.75) is 13.8 Å². The molecule has 0 amide bonds. The van der Waals surface area contributed by atoms with E-state index in [0.29, 0.717) is 11.0 Å². The van der Waals surface area contributed by atoms with Crippen molar-refractivity contribution < 1.29 is 0 Å². The van der Waals surface area contributed by atoms with E-state index in [4.69, 9.17) is 11.6 Å². The lowest BCUT2D eigenvalue weighted by molar-refractivity contribution is 0.787. The lowest BCUT2D eigenvalue weighted by atomic mass is 10.3. The van der Waals surface area contributed by atoms with Crippen molar-refractivity contribution in [3.05, 3.63) is 40.8 Å². The molecule has 6 heteroatoms. The van der Waals surface area contributed by atoms with Crippen LogP contribution in [-0.4, -0.2) is 25.0 Å². The van der Waals surface area contributed by atoms with Crippen molar-refractivity contribution >= 4 is 22.6 Å². The zero-order chi connectivity index (χ0) is 12.7. The van der Waals surface area contributed by atoms with Crippen LogP contribution < -0.4 is 0 Å². The summed E-state index contributed by atoms with van der Waals surface area (Å²) in [6.07, 6.45) is 0. The highest BCUT2D eigenvalue weighted by atomic mass is 35.5. The van der Waals surface area contributed by atoms with Gasteiger partial charge in [0.05, 0.1) is 16.9 Å². The second kappa shape index (κ2) is 4.03. The minimum atomic E-state index is 0.328. The van der Waals surface area contributed by atoms with Gasteiger partial charge in [0.25, 0.3) is 0 Å². The molecule has 0 spiro atoms. The van der Waals surface area contributed by atoms with Gasteiger partial charge in [-0.05, 0) is 26.0 Å². The monoisotopic (exact) mass is 259 g/mol. The van der Waals surface area contributed by atoms with Crippen LogP contribution in [0, 0.1) is 13.8 Å². The van der Waals surface area contributed by atoms with E-state index in [2.05, 4.69) is 20.3 Å². The summed E-state index contributed by atoms with van der Waals surface area (Å²) < 4.78 is 1.61. The molecule has 0 N–H and O–H groups in total. The van der Waals surface area contributed by atoms with Gasteiger partial charge in [0.15, 0.2) is 11.0 Å². The van der Waals surface area contributed by atoms with Gasteiger partial charge in [-0.2, -0.15) is 4.68 Å². The Balaban J connectivity index is 2.29. The standard InChI is InChI=1S/C12H10ClN5/c1-7-8(2)15-12(11(13)14-7)18-10-6-4-3-5-9(10)16-17-18/h3-6H,1-2H3. The number of rotatable bonds is 1. The van der Waals surface area contributed by atoms with Crippen molar-refractivity contribution in [3.63, 3.8) is 0 Å². The molecule has 18 heavy (non-hydrogen) atoms. The van der Waals surface area contributed by atoms with E-state index >= 15 is 0 Å². The molecule has 2 heterocycles. The Bertz CT molecular complexity index is 734. The van der Waals surface area contributed by atoms with Crippen LogP contribution in [0.4, 0.5) is 0 Å². The summed E-state index contributed by atoms with van der Waals surface area (Å²) in [5.41, 5.74) is 3.30. The summed E-state index contributed by atoms with van der Waals surface area (Å²) in [6, 6.07) is 7.64. The lowest BCUT2D eigenvalue weighted by Crippen LogP contribution is -2.05. The van der Waals surface area contributed by atoms with Gasteiger partial charge in [-0.15, -0.1) is 5.10 Å². The fourth-order valence-electron chi connectivity index (χ4n) is 1.72. The zero-order valence-corrected chi connectivity index (χ0v) is 10.7. The number of halogens is 1. The molecule has 0 saturated carbocycles. The molecule has 0 atom stereocenters. The van der Waals surface area contributed by atoms with Crippen molar-refractivity contribution in [1.82, 2.24) is 25.0 Å². The topological polar surface area (TPSA) is 56.5 Å². The largest absolute Gasteiger partial charge is 0.236 e. The summed E-state index contributed by atoms with van der Waals surface area (Å²) >= 11 is 6.13. The molecule has 0 aliphatic carbocycles. The first-order chi connectivity index (χ1) is 8.66. The van der Waals surface area contributed by atoms with Crippen LogP contribution in [0.25, 0.3) is 16.9 Å². The number of benzene rings is 1. The zero-order valence-electron chi connectivity index (χ0n) is 9.92. The summed E-state index contributed by atoms with van der Waals surface area (Å²) in [5.74, 6) is 0.508. The number of aromatic nitrogens is 5. The van der Waals surface area contributed by atoms with Gasteiger partial charge >= 0.3 is 0 Å². The van der Waals surface area contributed by atoms with E-state index in [1.807, 2.05) is 38.1 Å². The van der Waals surface area contributed by atoms with Crippen LogP contribution in [-0.2, 0) is 0 Å². The Hall–Kier alpha value is -2.01. The maximum atomic E-state index is 6.13. The van der Waals surface area contributed by atoms with Crippen LogP contribution >= 0.6 is 11.6 Å². The molecular weight excluding hydrogens is 250 g/mol. The summed E-state index contributed by atoms with van der Waals surface area (Å²) in [7, 11) is 0. The molecule has 0 unspecified atom stereocenters. The normalized spacial score (nSPS) is 11.1. The Labute approximate surface area is 108 Å². The molecule has 0 radical (unpaired) electrons. The number of hydrogen-bond donors (Lipinski definition) is 0. The molecule has 5 nitrogen and oxygen atoms in total. The fourth-order valence-corrected chi connectivity index (χ4v) is 1.97. The number of para-hydroxylation sites is 1. The van der Waals surface area contributed by atoms with Gasteiger partial charge in [0.2, 0.25) is 0 Å². The average molecular weight is 260 g/mol. The first kappa shape index (κ1) is 11.1. The van der Waals surface area contributed by atoms with Gasteiger partial charge in [0.1, 0.15) is 5.52 Å². The SMILES string of the molecule is Cc1nc(Cl)c(-n2nnc3ccccc32)nc1C. The lowest BCUT2D eigenvalue weighted by Gasteiger charge is -2.06. The molecule has 90 valence electrons. The first-order valence-corrected chi connectivity index (χ1v) is 5.86. The minimum absolute atomic E-state index is 0.328. The van der Waals surface area contributed by atoms with Crippen molar-refractivity contribution in [2.75, 3.05) is 0 Å². The molecule has 2 aromatic heterocycles. The molecule has 0 saturated heterocycles. The van der Waals surface area contributed by atoms with E-state index in [-0.39, 0.29) is 0 Å². The van der Waals surface area contributed by atoms with E-state index in [1.165, 1.54) is 0 Å². The Morgan fingerprint density at radius 1 is 1.06 bits per heavy atom. The maximum Gasteiger partial charge on any atom is 0.193 e. The van der Waals surface area contributed by atoms with Gasteiger partial charge in [-0.25, -0.2) is 9.97 Å². The predicted molar refractivity (Wildman–Crippen MR) is 68.9 cm³/mol. The van der Waals surface area contributed by atoms with Crippen LogP contribution in [0.2, 0.25) is 5.15 Å². The summed E-state index contributed by atoms with van der Waals surface area (Å²) in [4.78, 5) is 8.68. The molecule has 3 aromatic rings. The second-order valence-electron chi connectivity index (χ2n) is 4.00. The minimum Gasteiger partial charge on any atom is -0.236 e. The molecule has 0 aliphatic rings. The fraction of sp³-hybridized carbons (Fsp3) is 0.167. The van der Waals surface area contributed by atoms with Crippen LogP contribution in [0.15, 0.2) is 24.3 Å². The third-order valence-electron chi connectivity index (χ3n) is 2.80. The Morgan fingerprint density at radius 2 is 1.78 bits per heavy atom. The quantitative estimate of drug-likeness (QED) is 0.674. The first-order valence-electron chi connectivity index (χ1n) is 5.48. The summed E-state index contributed by atoms with van der Waals surface area (Å²) in [5, 5.41) is 8.48. The van der Waals surface area contributed by atoms with Gasteiger partial charge in [-0.3, -0.25) is 0 Å². The molecule has 0 aliphatic heterocycles. The molecular formula is C12H10ClN5. The smallest absolute Gasteiger partial charge is 0.193 e. The van der Waals surface area contributed by atoms with E-state index in [9.17, 15) is 0 Å². The second-order valence-corrected chi connectivity index (χ2v) is 4.36. The Kier molecular flexibility index (Phi) is 2.48. The highest BCUT2D eigenvalue weighted by Gasteiger charge is 2.13. The van der Waals surface area contributed by atoms with Crippen molar-refractivity contribution in [3.8, 4) is 5.82 Å². The van der Waals surface area contributed by atoms with E-state index in [1.54, 1.807) is 4.68 Å². The van der Waals surface area contributed by atoms with Crippen LogP contribution in [0.5, 0.6) is 0 Å². The highest BCUT2D eigenvalue weighted by molar-refractivity contribution is 6.31. The van der Waals surface area contributed by atoms with Crippen molar-refractivity contribution in [2.24, 2.45) is 0 Å². The molecule has 0 fully saturated rings. The maximum absolute atomic E-state index is 6.13. The van der Waals surface area contributed by atoms with Crippen LogP contribution in [0.1, 0.15) is 11.4 Å². The van der Waals surface area contributed by atoms with E-state index in [0.717, 1.165) is 22.4 Å². The highest BCUT2D eigenvalue weighted by Crippen LogP contribution is 2.20. The molecule has 3 rings (SSSR count). The number of aryl methyl sites for hydroxylation is 2. The molecule has 0 bridgehead atoms. The van der Waals surface area contributed by atoms with Gasteiger partial charge < -0.3 is 0 Å². The number of hydrogen-bond acceptors (Lipinski definition) is 4. The Morgan fingerprint density at radius 3 is 2.61 bits per heavy atom. The predicted octanol–water partition coefficient (Wildman–Crippen LogP) is 2.48. The van der Waals surface area contributed by atoms with E-state index < -0.39 is 0 Å². The number of fused-ring (bicyclic) bond motifs is 1.